The van der Waals surface area contributed by atoms with Gasteiger partial charge in [-0.3, -0.25) is 0 Å². The zero-order valence-corrected chi connectivity index (χ0v) is 7.35. The van der Waals surface area contributed by atoms with Crippen LogP contribution in [0, 0.1) is 11.8 Å². The Labute approximate surface area is 64.3 Å². The van der Waals surface area contributed by atoms with Crippen molar-refractivity contribution >= 4 is 0 Å². The van der Waals surface area contributed by atoms with E-state index in [9.17, 15) is 0 Å². The van der Waals surface area contributed by atoms with Gasteiger partial charge in [-0.15, -0.1) is 6.58 Å². The van der Waals surface area contributed by atoms with E-state index in [4.69, 9.17) is 5.73 Å². The van der Waals surface area contributed by atoms with Crippen LogP contribution >= 0.6 is 0 Å². The topological polar surface area (TPSA) is 26.0 Å². The van der Waals surface area contributed by atoms with Gasteiger partial charge in [-0.05, 0) is 31.7 Å². The number of nitrogens with two attached hydrogens (primary N) is 1. The van der Waals surface area contributed by atoms with E-state index < -0.39 is 0 Å². The van der Waals surface area contributed by atoms with Crippen molar-refractivity contribution in [2.75, 3.05) is 6.54 Å². The lowest BCUT2D eigenvalue weighted by Crippen LogP contribution is -2.18. The Morgan fingerprint density at radius 3 is 2.20 bits per heavy atom. The molecule has 0 saturated heterocycles. The summed E-state index contributed by atoms with van der Waals surface area (Å²) in [6.07, 6.45) is 1.11. The fourth-order valence-electron chi connectivity index (χ4n) is 0.983. The molecule has 0 radical (unpaired) electrons. The Bertz CT molecular complexity index is 107. The fraction of sp³-hybridized carbons (Fsp3) is 0.778. The predicted octanol–water partition coefficient (Wildman–Crippen LogP) is 2.18. The van der Waals surface area contributed by atoms with E-state index in [1.807, 2.05) is 0 Å². The van der Waals surface area contributed by atoms with Crippen LogP contribution in [0.3, 0.4) is 0 Å². The summed E-state index contributed by atoms with van der Waals surface area (Å²) in [6, 6.07) is 0. The van der Waals surface area contributed by atoms with Gasteiger partial charge < -0.3 is 5.73 Å². The van der Waals surface area contributed by atoms with Gasteiger partial charge in [-0.1, -0.05) is 19.4 Å². The molecule has 60 valence electrons. The van der Waals surface area contributed by atoms with Gasteiger partial charge >= 0.3 is 0 Å². The first-order valence-electron chi connectivity index (χ1n) is 3.92. The van der Waals surface area contributed by atoms with E-state index in [1.54, 1.807) is 0 Å². The van der Waals surface area contributed by atoms with Gasteiger partial charge in [0.2, 0.25) is 0 Å². The Hall–Kier alpha value is -0.300. The van der Waals surface area contributed by atoms with Gasteiger partial charge in [0.1, 0.15) is 0 Å². The highest BCUT2D eigenvalue weighted by Gasteiger charge is 2.09. The molecule has 0 aromatic heterocycles. The summed E-state index contributed by atoms with van der Waals surface area (Å²) in [4.78, 5) is 0. The number of hydrogen-bond donors (Lipinski definition) is 1. The van der Waals surface area contributed by atoms with Crippen LogP contribution in [0.2, 0.25) is 0 Å². The Morgan fingerprint density at radius 1 is 1.40 bits per heavy atom. The summed E-state index contributed by atoms with van der Waals surface area (Å²) in [5.74, 6) is 1.30. The van der Waals surface area contributed by atoms with Crippen molar-refractivity contribution in [3.63, 3.8) is 0 Å². The smallest absolute Gasteiger partial charge is 0.00488 e. The molecule has 0 aliphatic rings. The van der Waals surface area contributed by atoms with Crippen LogP contribution < -0.4 is 5.73 Å². The first-order chi connectivity index (χ1) is 4.57. The monoisotopic (exact) mass is 141 g/mol. The minimum absolute atomic E-state index is 0.622. The van der Waals surface area contributed by atoms with Crippen LogP contribution in [0.4, 0.5) is 0 Å². The highest BCUT2D eigenvalue weighted by Crippen LogP contribution is 2.17. The first kappa shape index (κ1) is 9.70. The summed E-state index contributed by atoms with van der Waals surface area (Å²) in [5.41, 5.74) is 6.78. The number of hydrogen-bond acceptors (Lipinski definition) is 1. The SMILES string of the molecule is C=C(C)CC(C)C(C)CN. The van der Waals surface area contributed by atoms with E-state index in [-0.39, 0.29) is 0 Å². The third-order valence-corrected chi connectivity index (χ3v) is 2.01. The average molecular weight is 141 g/mol. The van der Waals surface area contributed by atoms with E-state index in [0.717, 1.165) is 13.0 Å². The van der Waals surface area contributed by atoms with Crippen molar-refractivity contribution in [1.29, 1.82) is 0 Å². The van der Waals surface area contributed by atoms with Crippen LogP contribution in [-0.4, -0.2) is 6.54 Å². The molecular formula is C9H19N. The maximum Gasteiger partial charge on any atom is -0.00488 e. The number of rotatable bonds is 4. The van der Waals surface area contributed by atoms with Crippen molar-refractivity contribution in [2.45, 2.75) is 27.2 Å². The lowest BCUT2D eigenvalue weighted by molar-refractivity contribution is 0.394. The van der Waals surface area contributed by atoms with E-state index in [0.29, 0.717) is 11.8 Å². The van der Waals surface area contributed by atoms with Gasteiger partial charge in [-0.2, -0.15) is 0 Å². The molecular weight excluding hydrogens is 122 g/mol. The molecule has 0 saturated carbocycles. The molecule has 0 aromatic rings. The summed E-state index contributed by atoms with van der Waals surface area (Å²) < 4.78 is 0. The normalized spacial score (nSPS) is 16.4. The Morgan fingerprint density at radius 2 is 1.90 bits per heavy atom. The van der Waals surface area contributed by atoms with Crippen molar-refractivity contribution in [2.24, 2.45) is 17.6 Å². The molecule has 0 aromatic carbocycles. The Kier molecular flexibility index (Phi) is 4.37. The molecule has 2 atom stereocenters. The minimum Gasteiger partial charge on any atom is -0.330 e. The standard InChI is InChI=1S/C9H19N/c1-7(2)5-8(3)9(4)6-10/h8-9H,1,5-6,10H2,2-4H3. The quantitative estimate of drug-likeness (QED) is 0.597. The molecule has 2 N–H and O–H groups in total. The second kappa shape index (κ2) is 4.51. The van der Waals surface area contributed by atoms with Crippen LogP contribution in [0.25, 0.3) is 0 Å². The molecule has 0 spiro atoms. The molecule has 0 bridgehead atoms. The molecule has 0 aliphatic heterocycles. The highest BCUT2D eigenvalue weighted by atomic mass is 14.5. The third kappa shape index (κ3) is 3.67. The third-order valence-electron chi connectivity index (χ3n) is 2.01. The second-order valence-electron chi connectivity index (χ2n) is 3.35. The van der Waals surface area contributed by atoms with E-state index >= 15 is 0 Å². The lowest BCUT2D eigenvalue weighted by Gasteiger charge is -2.17. The van der Waals surface area contributed by atoms with Crippen LogP contribution in [-0.2, 0) is 0 Å². The zero-order chi connectivity index (χ0) is 8.15. The molecule has 1 nitrogen and oxygen atoms in total. The second-order valence-corrected chi connectivity index (χ2v) is 3.35. The first-order valence-corrected chi connectivity index (χ1v) is 3.92. The van der Waals surface area contributed by atoms with Crippen molar-refractivity contribution in [1.82, 2.24) is 0 Å². The zero-order valence-electron chi connectivity index (χ0n) is 7.35. The van der Waals surface area contributed by atoms with Crippen molar-refractivity contribution < 1.29 is 0 Å². The summed E-state index contributed by atoms with van der Waals surface area (Å²) >= 11 is 0. The predicted molar refractivity (Wildman–Crippen MR) is 46.8 cm³/mol. The largest absolute Gasteiger partial charge is 0.330 e. The maximum absolute atomic E-state index is 5.52. The van der Waals surface area contributed by atoms with Crippen LogP contribution in [0.1, 0.15) is 27.2 Å². The van der Waals surface area contributed by atoms with Gasteiger partial charge in [0, 0.05) is 0 Å². The molecule has 0 heterocycles. The van der Waals surface area contributed by atoms with Crippen molar-refractivity contribution in [3.05, 3.63) is 12.2 Å². The average Bonchev–Trinajstić information content (AvgIpc) is 1.85. The molecule has 0 amide bonds. The van der Waals surface area contributed by atoms with Gasteiger partial charge in [-0.25, -0.2) is 0 Å². The number of allylic oxidation sites excluding steroid dienone is 1. The molecule has 0 fully saturated rings. The Balaban J connectivity index is 3.61. The summed E-state index contributed by atoms with van der Waals surface area (Å²) in [7, 11) is 0. The highest BCUT2D eigenvalue weighted by molar-refractivity contribution is 4.90. The lowest BCUT2D eigenvalue weighted by atomic mass is 9.91. The molecule has 0 aliphatic carbocycles. The minimum atomic E-state index is 0.622. The van der Waals surface area contributed by atoms with Gasteiger partial charge in [0.05, 0.1) is 0 Å². The van der Waals surface area contributed by atoms with E-state index in [2.05, 4.69) is 27.4 Å². The van der Waals surface area contributed by atoms with E-state index in [1.165, 1.54) is 5.57 Å². The van der Waals surface area contributed by atoms with Crippen LogP contribution in [0.15, 0.2) is 12.2 Å². The molecule has 2 unspecified atom stereocenters. The fourth-order valence-corrected chi connectivity index (χ4v) is 0.983. The maximum atomic E-state index is 5.52. The molecule has 0 rings (SSSR count). The molecule has 10 heavy (non-hydrogen) atoms. The van der Waals surface area contributed by atoms with Crippen LogP contribution in [0.5, 0.6) is 0 Å². The summed E-state index contributed by atoms with van der Waals surface area (Å²) in [6.45, 7) is 11.1. The van der Waals surface area contributed by atoms with Gasteiger partial charge in [0.15, 0.2) is 0 Å². The summed E-state index contributed by atoms with van der Waals surface area (Å²) in [5, 5.41) is 0. The van der Waals surface area contributed by atoms with Gasteiger partial charge in [0.25, 0.3) is 0 Å². The van der Waals surface area contributed by atoms with Crippen molar-refractivity contribution in [3.8, 4) is 0 Å². The molecule has 1 heteroatoms.